The summed E-state index contributed by atoms with van der Waals surface area (Å²) in [6, 6.07) is 17.6. The van der Waals surface area contributed by atoms with E-state index in [1.165, 1.54) is 0 Å². The first kappa shape index (κ1) is 23.9. The number of carbonyl (C=O) groups is 1. The quantitative estimate of drug-likeness (QED) is 0.586. The summed E-state index contributed by atoms with van der Waals surface area (Å²) in [4.78, 5) is 24.2. The Hall–Kier alpha value is -2.45. The first-order valence-corrected chi connectivity index (χ1v) is 13.1. The Labute approximate surface area is 212 Å². The van der Waals surface area contributed by atoms with Crippen molar-refractivity contribution in [1.29, 1.82) is 0 Å². The summed E-state index contributed by atoms with van der Waals surface area (Å²) in [5.74, 6) is 1.10. The largest absolute Gasteiger partial charge is 0.465 e. The van der Waals surface area contributed by atoms with Gasteiger partial charge in [0.2, 0.25) is 18.0 Å². The number of hydrogen-bond donors (Lipinski definition) is 1. The van der Waals surface area contributed by atoms with Gasteiger partial charge in [0.25, 0.3) is 0 Å². The molecule has 4 aliphatic heterocycles. The van der Waals surface area contributed by atoms with Crippen molar-refractivity contribution in [2.75, 3.05) is 0 Å². The maximum absolute atomic E-state index is 12.4. The van der Waals surface area contributed by atoms with Crippen LogP contribution < -0.4 is 10.1 Å². The zero-order valence-corrected chi connectivity index (χ0v) is 21.1. The lowest BCUT2D eigenvalue weighted by atomic mass is 9.56. The van der Waals surface area contributed by atoms with Crippen LogP contribution >= 0.6 is 0 Å². The molecule has 7 nitrogen and oxygen atoms in total. The van der Waals surface area contributed by atoms with E-state index in [1.54, 1.807) is 0 Å². The van der Waals surface area contributed by atoms with Crippen molar-refractivity contribution in [2.45, 2.75) is 77.0 Å². The van der Waals surface area contributed by atoms with Crippen LogP contribution in [0.1, 0.15) is 51.2 Å². The molecule has 7 heteroatoms. The van der Waals surface area contributed by atoms with Gasteiger partial charge in [-0.25, -0.2) is 9.78 Å². The summed E-state index contributed by atoms with van der Waals surface area (Å²) in [6.45, 7) is 6.93. The van der Waals surface area contributed by atoms with Crippen LogP contribution in [0.3, 0.4) is 0 Å². The minimum Gasteiger partial charge on any atom is -0.465 e. The predicted molar refractivity (Wildman–Crippen MR) is 131 cm³/mol. The molecule has 7 rings (SSSR count). The zero-order valence-electron chi connectivity index (χ0n) is 21.1. The second-order valence-electron chi connectivity index (χ2n) is 11.1. The molecule has 0 radical (unpaired) electrons. The van der Waals surface area contributed by atoms with E-state index in [9.17, 15) is 4.79 Å². The van der Waals surface area contributed by atoms with E-state index >= 15 is 0 Å². The van der Waals surface area contributed by atoms with E-state index in [-0.39, 0.29) is 17.7 Å². The molecular formula is C29H35NO6. The van der Waals surface area contributed by atoms with Crippen LogP contribution in [0.15, 0.2) is 54.6 Å². The molecule has 1 saturated carbocycles. The van der Waals surface area contributed by atoms with Crippen LogP contribution in [0.5, 0.6) is 5.75 Å². The van der Waals surface area contributed by atoms with Crippen LogP contribution in [0.4, 0.5) is 0 Å². The molecule has 4 heterocycles. The van der Waals surface area contributed by atoms with Crippen LogP contribution in [0.2, 0.25) is 0 Å². The third-order valence-electron chi connectivity index (χ3n) is 8.65. The van der Waals surface area contributed by atoms with E-state index in [0.717, 1.165) is 30.4 Å². The second-order valence-corrected chi connectivity index (χ2v) is 11.1. The average molecular weight is 494 g/mol. The summed E-state index contributed by atoms with van der Waals surface area (Å²) < 4.78 is 19.1. The van der Waals surface area contributed by atoms with Gasteiger partial charge in [0.05, 0.1) is 6.42 Å². The Kier molecular flexibility index (Phi) is 6.07. The van der Waals surface area contributed by atoms with E-state index in [1.807, 2.05) is 61.5 Å². The van der Waals surface area contributed by atoms with Crippen molar-refractivity contribution in [3.63, 3.8) is 0 Å². The van der Waals surface area contributed by atoms with E-state index in [0.29, 0.717) is 30.6 Å². The monoisotopic (exact) mass is 493 g/mol. The highest BCUT2D eigenvalue weighted by atomic mass is 17.3. The molecule has 1 amide bonds. The van der Waals surface area contributed by atoms with Crippen molar-refractivity contribution < 1.29 is 28.8 Å². The molecule has 0 aromatic heterocycles. The lowest BCUT2D eigenvalue weighted by molar-refractivity contribution is -0.614. The lowest BCUT2D eigenvalue weighted by Gasteiger charge is -2.66. The predicted octanol–water partition coefficient (Wildman–Crippen LogP) is 4.74. The summed E-state index contributed by atoms with van der Waals surface area (Å²) in [5, 5.41) is 2.97. The number of nitrogens with one attached hydrogen (secondary N) is 1. The number of carbonyl (C=O) groups excluding carboxylic acids is 1. The molecule has 5 aliphatic rings. The van der Waals surface area contributed by atoms with E-state index in [2.05, 4.69) is 19.2 Å². The van der Waals surface area contributed by atoms with Gasteiger partial charge in [-0.15, -0.1) is 0 Å². The molecule has 36 heavy (non-hydrogen) atoms. The molecule has 4 saturated heterocycles. The molecule has 192 valence electrons. The van der Waals surface area contributed by atoms with Gasteiger partial charge in [-0.1, -0.05) is 56.3 Å². The number of benzene rings is 2. The summed E-state index contributed by atoms with van der Waals surface area (Å²) >= 11 is 0. The highest BCUT2D eigenvalue weighted by Crippen LogP contribution is 2.62. The van der Waals surface area contributed by atoms with Gasteiger partial charge in [-0.3, -0.25) is 4.79 Å². The number of amides is 1. The molecule has 1 N–H and O–H groups in total. The Morgan fingerprint density at radius 3 is 2.56 bits per heavy atom. The van der Waals surface area contributed by atoms with Crippen molar-refractivity contribution in [1.82, 2.24) is 5.32 Å². The molecule has 1 aliphatic carbocycles. The topological polar surface area (TPSA) is 75.3 Å². The first-order valence-electron chi connectivity index (χ1n) is 13.1. The Morgan fingerprint density at radius 1 is 1.00 bits per heavy atom. The van der Waals surface area contributed by atoms with E-state index in [4.69, 9.17) is 24.0 Å². The molecule has 8 atom stereocenters. The summed E-state index contributed by atoms with van der Waals surface area (Å²) in [7, 11) is 0. The minimum atomic E-state index is -0.791. The van der Waals surface area contributed by atoms with Crippen molar-refractivity contribution in [3.8, 4) is 5.75 Å². The molecule has 1 spiro atoms. The number of rotatable bonds is 6. The average Bonchev–Trinajstić information content (AvgIpc) is 2.88. The smallest absolute Gasteiger partial charge is 0.224 e. The van der Waals surface area contributed by atoms with Gasteiger partial charge in [0.1, 0.15) is 5.75 Å². The molecule has 5 fully saturated rings. The molecular weight excluding hydrogens is 458 g/mol. The maximum Gasteiger partial charge on any atom is 0.224 e. The fourth-order valence-corrected chi connectivity index (χ4v) is 6.68. The lowest BCUT2D eigenvalue weighted by Crippen LogP contribution is -2.76. The normalized spacial score (nSPS) is 38.8. The first-order chi connectivity index (χ1) is 17.4. The maximum atomic E-state index is 12.4. The SMILES string of the molecule is C[C@@H]1CCC2[C@@H](C)[C@@H](Oc3ccc(CC(=O)NCc4ccccc4)cc3)O[C@@H]3O[C@]4(C)CC1[C@@]23OO4. The number of fused-ring (bicyclic) bond motifs is 1. The third-order valence-corrected chi connectivity index (χ3v) is 8.65. The number of ether oxygens (including phenoxy) is 3. The summed E-state index contributed by atoms with van der Waals surface area (Å²) in [5.41, 5.74) is 1.43. The molecule has 2 aromatic rings. The van der Waals surface area contributed by atoms with Crippen LogP contribution in [-0.2, 0) is 37.0 Å². The zero-order chi connectivity index (χ0) is 24.9. The fourth-order valence-electron chi connectivity index (χ4n) is 6.68. The van der Waals surface area contributed by atoms with Crippen LogP contribution in [0.25, 0.3) is 0 Å². The number of hydrogen-bond acceptors (Lipinski definition) is 6. The standard InChI is InChI=1S/C29H35NO6/c1-18-9-14-23-19(2)26(33-27-29(23)24(18)16-28(3,34-27)35-36-29)32-22-12-10-20(11-13-22)15-25(31)30-17-21-7-5-4-6-8-21/h4-8,10-13,18-19,23-24,26-27H,9,14-17H2,1-3H3,(H,30,31)/t18-,19-,23?,24?,26+,27-,28+,29+/m1/s1. The highest BCUT2D eigenvalue weighted by Gasteiger charge is 2.72. The van der Waals surface area contributed by atoms with Gasteiger partial charge in [-0.05, 0) is 48.9 Å². The Balaban J connectivity index is 1.10. The van der Waals surface area contributed by atoms with Gasteiger partial charge in [0.15, 0.2) is 11.9 Å². The van der Waals surface area contributed by atoms with Crippen LogP contribution in [-0.4, -0.2) is 29.9 Å². The molecule has 2 bridgehead atoms. The van der Waals surface area contributed by atoms with Gasteiger partial charge in [-0.2, -0.15) is 0 Å². The van der Waals surface area contributed by atoms with Gasteiger partial charge >= 0.3 is 0 Å². The van der Waals surface area contributed by atoms with Crippen molar-refractivity contribution in [3.05, 3.63) is 65.7 Å². The second kappa shape index (κ2) is 9.14. The fraction of sp³-hybridized carbons (Fsp3) is 0.552. The van der Waals surface area contributed by atoms with Crippen molar-refractivity contribution >= 4 is 5.91 Å². The van der Waals surface area contributed by atoms with Gasteiger partial charge < -0.3 is 19.5 Å². The highest BCUT2D eigenvalue weighted by molar-refractivity contribution is 5.78. The Morgan fingerprint density at radius 2 is 1.78 bits per heavy atom. The van der Waals surface area contributed by atoms with Crippen LogP contribution in [0, 0.1) is 23.7 Å². The van der Waals surface area contributed by atoms with E-state index < -0.39 is 24.0 Å². The van der Waals surface area contributed by atoms with Crippen molar-refractivity contribution in [2.24, 2.45) is 23.7 Å². The molecule has 2 unspecified atom stereocenters. The van der Waals surface area contributed by atoms with Gasteiger partial charge in [0, 0.05) is 30.7 Å². The Bertz CT molecular complexity index is 1090. The third kappa shape index (κ3) is 4.12. The molecule has 2 aromatic carbocycles. The summed E-state index contributed by atoms with van der Waals surface area (Å²) in [6.07, 6.45) is 2.35. The minimum absolute atomic E-state index is 0.0108.